The van der Waals surface area contributed by atoms with Gasteiger partial charge >= 0.3 is 0 Å². The molecule has 1 aliphatic rings. The second-order valence-electron chi connectivity index (χ2n) is 3.17. The largest absolute Gasteiger partial charge is 0.316 e. The first-order valence-electron chi connectivity index (χ1n) is 4.13. The lowest BCUT2D eigenvalue weighted by molar-refractivity contribution is 0.290. The van der Waals surface area contributed by atoms with Crippen molar-refractivity contribution in [1.82, 2.24) is 5.32 Å². The van der Waals surface area contributed by atoms with E-state index in [0.29, 0.717) is 12.5 Å². The Morgan fingerprint density at radius 2 is 2.23 bits per heavy atom. The fraction of sp³-hybridized carbons (Fsp3) is 1.00. The van der Waals surface area contributed by atoms with Crippen molar-refractivity contribution < 1.29 is 12.6 Å². The zero-order valence-corrected chi connectivity index (χ0v) is 9.29. The topological polar surface area (TPSA) is 55.4 Å². The highest BCUT2D eigenvalue weighted by Crippen LogP contribution is 2.12. The molecule has 0 aromatic heterocycles. The van der Waals surface area contributed by atoms with Crippen molar-refractivity contribution in [2.24, 2.45) is 5.92 Å². The van der Waals surface area contributed by atoms with Gasteiger partial charge < -0.3 is 5.32 Å². The number of hydrogen-bond donors (Lipinski definition) is 1. The molecule has 0 radical (unpaired) electrons. The average Bonchev–Trinajstić information content (AvgIpc) is 2.36. The number of halogens is 1. The van der Waals surface area contributed by atoms with Crippen molar-refractivity contribution >= 4 is 22.5 Å². The third-order valence-corrected chi connectivity index (χ3v) is 2.58. The smallest absolute Gasteiger partial charge is 0.264 e. The molecule has 1 atom stereocenters. The Kier molecular flexibility index (Phi) is 5.87. The van der Waals surface area contributed by atoms with E-state index in [1.807, 2.05) is 0 Å². The van der Waals surface area contributed by atoms with Crippen LogP contribution in [0.3, 0.4) is 0 Å². The van der Waals surface area contributed by atoms with Crippen LogP contribution < -0.4 is 5.32 Å². The third kappa shape index (κ3) is 6.26. The molecule has 0 spiro atoms. The molecule has 4 nitrogen and oxygen atoms in total. The Hall–Kier alpha value is 0.160. The highest BCUT2D eigenvalue weighted by Gasteiger charge is 2.14. The summed E-state index contributed by atoms with van der Waals surface area (Å²) >= 11 is 0. The number of nitrogens with one attached hydrogen (secondary N) is 1. The molecule has 0 aromatic carbocycles. The lowest BCUT2D eigenvalue weighted by atomic mass is 10.1. The van der Waals surface area contributed by atoms with Gasteiger partial charge in [-0.15, -0.1) is 12.4 Å². The average molecular weight is 230 g/mol. The van der Waals surface area contributed by atoms with E-state index in [2.05, 4.69) is 9.50 Å². The monoisotopic (exact) mass is 229 g/mol. The molecule has 1 heterocycles. The maximum atomic E-state index is 10.6. The van der Waals surface area contributed by atoms with Gasteiger partial charge in [-0.3, -0.25) is 4.18 Å². The van der Waals surface area contributed by atoms with Crippen LogP contribution in [-0.4, -0.2) is 34.4 Å². The van der Waals surface area contributed by atoms with Crippen LogP contribution in [0.25, 0.3) is 0 Å². The van der Waals surface area contributed by atoms with E-state index in [1.165, 1.54) is 0 Å². The second-order valence-corrected chi connectivity index (χ2v) is 4.82. The Balaban J connectivity index is 0.00000144. The highest BCUT2D eigenvalue weighted by atomic mass is 35.5. The Labute approximate surface area is 85.6 Å². The van der Waals surface area contributed by atoms with Crippen LogP contribution in [0.1, 0.15) is 12.8 Å². The summed E-state index contributed by atoms with van der Waals surface area (Å²) in [6.45, 7) is 2.36. The first kappa shape index (κ1) is 13.2. The second kappa shape index (κ2) is 5.80. The third-order valence-electron chi connectivity index (χ3n) is 1.99. The fourth-order valence-corrected chi connectivity index (χ4v) is 1.73. The fourth-order valence-electron chi connectivity index (χ4n) is 1.33. The van der Waals surface area contributed by atoms with Crippen LogP contribution in [0.5, 0.6) is 0 Å². The van der Waals surface area contributed by atoms with Gasteiger partial charge in [-0.05, 0) is 31.8 Å². The minimum atomic E-state index is -3.24. The first-order chi connectivity index (χ1) is 5.58. The Morgan fingerprint density at radius 3 is 2.69 bits per heavy atom. The zero-order valence-electron chi connectivity index (χ0n) is 7.65. The molecule has 0 saturated carbocycles. The standard InChI is InChI=1S/C7H15NO3S.ClH/c1-12(9,10)11-5-3-7-2-4-8-6-7;/h7-8H,2-6H2,1H3;1H/t7-;/m1./s1. The van der Waals surface area contributed by atoms with Gasteiger partial charge in [-0.25, -0.2) is 0 Å². The maximum Gasteiger partial charge on any atom is 0.264 e. The quantitative estimate of drug-likeness (QED) is 0.709. The normalized spacial score (nSPS) is 22.7. The minimum absolute atomic E-state index is 0. The highest BCUT2D eigenvalue weighted by molar-refractivity contribution is 7.85. The van der Waals surface area contributed by atoms with Crippen LogP contribution in [0, 0.1) is 5.92 Å². The molecule has 1 aliphatic heterocycles. The molecule has 6 heteroatoms. The van der Waals surface area contributed by atoms with E-state index in [4.69, 9.17) is 0 Å². The molecule has 13 heavy (non-hydrogen) atoms. The van der Waals surface area contributed by atoms with Crippen molar-refractivity contribution in [1.29, 1.82) is 0 Å². The van der Waals surface area contributed by atoms with Gasteiger partial charge in [-0.2, -0.15) is 8.42 Å². The van der Waals surface area contributed by atoms with Crippen molar-refractivity contribution in [3.63, 3.8) is 0 Å². The summed E-state index contributed by atoms with van der Waals surface area (Å²) in [5, 5.41) is 3.21. The van der Waals surface area contributed by atoms with Gasteiger partial charge in [0, 0.05) is 0 Å². The molecule has 0 aliphatic carbocycles. The molecule has 1 N–H and O–H groups in total. The molecular weight excluding hydrogens is 214 g/mol. The molecule has 0 unspecified atom stereocenters. The molecule has 0 bridgehead atoms. The van der Waals surface area contributed by atoms with E-state index in [9.17, 15) is 8.42 Å². The van der Waals surface area contributed by atoms with Crippen molar-refractivity contribution in [2.75, 3.05) is 26.0 Å². The predicted molar refractivity (Wildman–Crippen MR) is 53.6 cm³/mol. The van der Waals surface area contributed by atoms with E-state index < -0.39 is 10.1 Å². The summed E-state index contributed by atoms with van der Waals surface area (Å²) in [6, 6.07) is 0. The van der Waals surface area contributed by atoms with E-state index in [-0.39, 0.29) is 12.4 Å². The first-order valence-corrected chi connectivity index (χ1v) is 5.95. The van der Waals surface area contributed by atoms with Crippen LogP contribution in [0.2, 0.25) is 0 Å². The summed E-state index contributed by atoms with van der Waals surface area (Å²) in [7, 11) is -3.24. The molecule has 0 amide bonds. The lowest BCUT2D eigenvalue weighted by Gasteiger charge is -2.06. The van der Waals surface area contributed by atoms with Crippen LogP contribution >= 0.6 is 12.4 Å². The molecular formula is C7H16ClNO3S. The SMILES string of the molecule is CS(=O)(=O)OCC[C@H]1CCNC1.Cl. The lowest BCUT2D eigenvalue weighted by Crippen LogP contribution is -2.12. The van der Waals surface area contributed by atoms with Gasteiger partial charge in [0.25, 0.3) is 10.1 Å². The Bertz CT molecular complexity index is 224. The zero-order chi connectivity index (χ0) is 9.03. The minimum Gasteiger partial charge on any atom is -0.316 e. The summed E-state index contributed by atoms with van der Waals surface area (Å²) in [5.41, 5.74) is 0. The summed E-state index contributed by atoms with van der Waals surface area (Å²) in [6.07, 6.45) is 3.05. The van der Waals surface area contributed by atoms with Gasteiger partial charge in [0.1, 0.15) is 0 Å². The molecule has 0 aromatic rings. The van der Waals surface area contributed by atoms with Crippen molar-refractivity contribution in [2.45, 2.75) is 12.8 Å². The molecule has 1 fully saturated rings. The van der Waals surface area contributed by atoms with Crippen LogP contribution in [-0.2, 0) is 14.3 Å². The molecule has 1 saturated heterocycles. The van der Waals surface area contributed by atoms with Crippen LogP contribution in [0.15, 0.2) is 0 Å². The predicted octanol–water partition coefficient (Wildman–Crippen LogP) is 0.384. The van der Waals surface area contributed by atoms with Crippen molar-refractivity contribution in [3.8, 4) is 0 Å². The van der Waals surface area contributed by atoms with Crippen LogP contribution in [0.4, 0.5) is 0 Å². The summed E-state index contributed by atoms with van der Waals surface area (Å²) in [4.78, 5) is 0. The van der Waals surface area contributed by atoms with Gasteiger partial charge in [0.15, 0.2) is 0 Å². The van der Waals surface area contributed by atoms with E-state index in [0.717, 1.165) is 32.2 Å². The molecule has 1 rings (SSSR count). The maximum absolute atomic E-state index is 10.6. The van der Waals surface area contributed by atoms with Gasteiger partial charge in [0.05, 0.1) is 12.9 Å². The number of hydrogen-bond acceptors (Lipinski definition) is 4. The van der Waals surface area contributed by atoms with E-state index in [1.54, 1.807) is 0 Å². The molecule has 80 valence electrons. The Morgan fingerprint density at radius 1 is 1.54 bits per heavy atom. The van der Waals surface area contributed by atoms with Crippen molar-refractivity contribution in [3.05, 3.63) is 0 Å². The summed E-state index contributed by atoms with van der Waals surface area (Å²) in [5.74, 6) is 0.590. The number of rotatable bonds is 4. The van der Waals surface area contributed by atoms with Gasteiger partial charge in [0.2, 0.25) is 0 Å². The summed E-state index contributed by atoms with van der Waals surface area (Å²) < 4.78 is 25.8. The van der Waals surface area contributed by atoms with E-state index >= 15 is 0 Å². The van der Waals surface area contributed by atoms with Gasteiger partial charge in [-0.1, -0.05) is 0 Å².